The monoisotopic (exact) mass is 163 g/mol. The van der Waals surface area contributed by atoms with Gasteiger partial charge in [-0.2, -0.15) is 5.10 Å². The molecule has 1 aliphatic rings. The Morgan fingerprint density at radius 1 is 1.55 bits per heavy atom. The lowest BCUT2D eigenvalue weighted by molar-refractivity contribution is 0.00731. The van der Waals surface area contributed by atoms with E-state index in [0.717, 1.165) is 0 Å². The molecule has 0 amide bonds. The van der Waals surface area contributed by atoms with E-state index in [-0.39, 0.29) is 24.6 Å². The molecule has 3 nitrogen and oxygen atoms in total. The first kappa shape index (κ1) is 8.23. The first-order valence-corrected chi connectivity index (χ1v) is 3.46. The molecule has 64 valence electrons. The van der Waals surface area contributed by atoms with Gasteiger partial charge in [-0.1, -0.05) is 0 Å². The van der Waals surface area contributed by atoms with Gasteiger partial charge < -0.3 is 11.6 Å². The maximum absolute atomic E-state index is 12.5. The first-order chi connectivity index (χ1) is 5.05. The van der Waals surface area contributed by atoms with Crippen LogP contribution >= 0.6 is 0 Å². The van der Waals surface area contributed by atoms with Gasteiger partial charge in [-0.3, -0.25) is 0 Å². The molecule has 1 saturated carbocycles. The molecule has 1 rings (SSSR count). The highest BCUT2D eigenvalue weighted by Gasteiger charge is 2.40. The van der Waals surface area contributed by atoms with Crippen molar-refractivity contribution in [1.29, 1.82) is 0 Å². The molecule has 11 heavy (non-hydrogen) atoms. The fraction of sp³-hybridized carbons (Fsp3) is 0.833. The lowest BCUT2D eigenvalue weighted by atomic mass is 10.1. The zero-order chi connectivity index (χ0) is 8.48. The summed E-state index contributed by atoms with van der Waals surface area (Å²) < 4.78 is 25.1. The van der Waals surface area contributed by atoms with Crippen LogP contribution in [0, 0.1) is 5.92 Å². The van der Waals surface area contributed by atoms with Crippen molar-refractivity contribution < 1.29 is 8.78 Å². The van der Waals surface area contributed by atoms with Gasteiger partial charge in [-0.15, -0.1) is 0 Å². The SMILES string of the molecule is N/N=C(\N)C1CCC(F)(F)C1. The summed E-state index contributed by atoms with van der Waals surface area (Å²) in [5.41, 5.74) is 5.29. The number of alkyl halides is 2. The van der Waals surface area contributed by atoms with Crippen LogP contribution < -0.4 is 11.6 Å². The zero-order valence-electron chi connectivity index (χ0n) is 6.06. The van der Waals surface area contributed by atoms with E-state index in [1.807, 2.05) is 0 Å². The zero-order valence-corrected chi connectivity index (χ0v) is 6.06. The van der Waals surface area contributed by atoms with Gasteiger partial charge in [0.1, 0.15) is 5.84 Å². The predicted molar refractivity (Wildman–Crippen MR) is 38.1 cm³/mol. The Balaban J connectivity index is 2.55. The van der Waals surface area contributed by atoms with Crippen LogP contribution in [0.4, 0.5) is 8.78 Å². The highest BCUT2D eigenvalue weighted by atomic mass is 19.3. The van der Waals surface area contributed by atoms with Gasteiger partial charge in [-0.05, 0) is 6.42 Å². The Bertz CT molecular complexity index is 179. The van der Waals surface area contributed by atoms with Crippen LogP contribution in [0.25, 0.3) is 0 Å². The largest absolute Gasteiger partial charge is 0.385 e. The molecule has 1 aliphatic carbocycles. The van der Waals surface area contributed by atoms with Gasteiger partial charge in [0, 0.05) is 18.8 Å². The second-order valence-corrected chi connectivity index (χ2v) is 2.85. The average Bonchev–Trinajstić information content (AvgIpc) is 2.29. The standard InChI is InChI=1S/C6H11F2N3/c7-6(8)2-1-4(3-6)5(9)11-10/h4H,1-3,10H2,(H2,9,11). The molecule has 0 aromatic carbocycles. The van der Waals surface area contributed by atoms with Crippen molar-refractivity contribution in [3.05, 3.63) is 0 Å². The van der Waals surface area contributed by atoms with Gasteiger partial charge >= 0.3 is 0 Å². The van der Waals surface area contributed by atoms with Crippen LogP contribution in [-0.2, 0) is 0 Å². The second-order valence-electron chi connectivity index (χ2n) is 2.85. The van der Waals surface area contributed by atoms with Crippen molar-refractivity contribution in [3.63, 3.8) is 0 Å². The van der Waals surface area contributed by atoms with E-state index in [1.54, 1.807) is 0 Å². The number of hydrazone groups is 1. The molecule has 0 bridgehead atoms. The van der Waals surface area contributed by atoms with Crippen LogP contribution in [0.1, 0.15) is 19.3 Å². The summed E-state index contributed by atoms with van der Waals surface area (Å²) >= 11 is 0. The smallest absolute Gasteiger partial charge is 0.248 e. The van der Waals surface area contributed by atoms with Crippen molar-refractivity contribution in [3.8, 4) is 0 Å². The lowest BCUT2D eigenvalue weighted by Crippen LogP contribution is -2.24. The van der Waals surface area contributed by atoms with E-state index >= 15 is 0 Å². The molecule has 1 atom stereocenters. The van der Waals surface area contributed by atoms with Crippen LogP contribution in [0.2, 0.25) is 0 Å². The van der Waals surface area contributed by atoms with Gasteiger partial charge in [0.2, 0.25) is 5.92 Å². The summed E-state index contributed by atoms with van der Waals surface area (Å²) in [4.78, 5) is 0. The fourth-order valence-corrected chi connectivity index (χ4v) is 1.31. The maximum atomic E-state index is 12.5. The van der Waals surface area contributed by atoms with Crippen molar-refractivity contribution in [2.45, 2.75) is 25.2 Å². The minimum atomic E-state index is -2.57. The van der Waals surface area contributed by atoms with E-state index in [9.17, 15) is 8.78 Å². The Hall–Kier alpha value is -0.870. The number of hydrogen-bond donors (Lipinski definition) is 2. The predicted octanol–water partition coefficient (Wildman–Crippen LogP) is 0.653. The summed E-state index contributed by atoms with van der Waals surface area (Å²) in [5.74, 6) is 2.11. The van der Waals surface area contributed by atoms with E-state index in [1.165, 1.54) is 0 Å². The molecule has 1 fully saturated rings. The van der Waals surface area contributed by atoms with Gasteiger partial charge in [0.25, 0.3) is 0 Å². The first-order valence-electron chi connectivity index (χ1n) is 3.46. The quantitative estimate of drug-likeness (QED) is 0.258. The molecule has 0 heterocycles. The molecule has 4 N–H and O–H groups in total. The minimum Gasteiger partial charge on any atom is -0.385 e. The van der Waals surface area contributed by atoms with Gasteiger partial charge in [0.05, 0.1) is 0 Å². The maximum Gasteiger partial charge on any atom is 0.248 e. The van der Waals surface area contributed by atoms with Crippen LogP contribution in [0.5, 0.6) is 0 Å². The summed E-state index contributed by atoms with van der Waals surface area (Å²) in [5, 5.41) is 3.20. The average molecular weight is 163 g/mol. The number of rotatable bonds is 1. The molecule has 0 spiro atoms. The minimum absolute atomic E-state index is 0.103. The van der Waals surface area contributed by atoms with Crippen molar-refractivity contribution >= 4 is 5.84 Å². The second kappa shape index (κ2) is 2.64. The normalized spacial score (nSPS) is 30.7. The third kappa shape index (κ3) is 1.78. The number of nitrogens with two attached hydrogens (primary N) is 2. The fourth-order valence-electron chi connectivity index (χ4n) is 1.31. The van der Waals surface area contributed by atoms with Crippen LogP contribution in [0.15, 0.2) is 5.10 Å². The highest BCUT2D eigenvalue weighted by Crippen LogP contribution is 2.38. The van der Waals surface area contributed by atoms with E-state index in [2.05, 4.69) is 5.10 Å². The molecule has 1 unspecified atom stereocenters. The molecule has 0 aliphatic heterocycles. The summed E-state index contributed by atoms with van der Waals surface area (Å²) in [6.07, 6.45) is 0.0763. The molecular formula is C6H11F2N3. The number of halogens is 2. The van der Waals surface area contributed by atoms with Crippen molar-refractivity contribution in [1.82, 2.24) is 0 Å². The van der Waals surface area contributed by atoms with Gasteiger partial charge in [-0.25, -0.2) is 8.78 Å². The number of amidine groups is 1. The Morgan fingerprint density at radius 2 is 2.18 bits per heavy atom. The molecule has 0 aromatic heterocycles. The number of hydrogen-bond acceptors (Lipinski definition) is 2. The summed E-state index contributed by atoms with van der Waals surface area (Å²) in [7, 11) is 0. The van der Waals surface area contributed by atoms with Crippen molar-refractivity contribution in [2.24, 2.45) is 22.6 Å². The molecule has 5 heteroatoms. The van der Waals surface area contributed by atoms with E-state index < -0.39 is 5.92 Å². The van der Waals surface area contributed by atoms with Crippen LogP contribution in [-0.4, -0.2) is 11.8 Å². The molecule has 0 saturated heterocycles. The van der Waals surface area contributed by atoms with Crippen molar-refractivity contribution in [2.75, 3.05) is 0 Å². The topological polar surface area (TPSA) is 64.4 Å². The van der Waals surface area contributed by atoms with E-state index in [0.29, 0.717) is 6.42 Å². The highest BCUT2D eigenvalue weighted by molar-refractivity contribution is 5.82. The van der Waals surface area contributed by atoms with Crippen LogP contribution in [0.3, 0.4) is 0 Å². The molecule has 0 radical (unpaired) electrons. The third-order valence-corrected chi connectivity index (χ3v) is 1.97. The van der Waals surface area contributed by atoms with Gasteiger partial charge in [0.15, 0.2) is 0 Å². The summed E-state index contributed by atoms with van der Waals surface area (Å²) in [6, 6.07) is 0. The molecular weight excluding hydrogens is 152 g/mol. The lowest BCUT2D eigenvalue weighted by Gasteiger charge is -2.08. The third-order valence-electron chi connectivity index (χ3n) is 1.97. The number of nitrogens with zero attached hydrogens (tertiary/aromatic N) is 1. The molecule has 0 aromatic rings. The Kier molecular flexibility index (Phi) is 1.97. The Labute approximate surface area is 63.4 Å². The Morgan fingerprint density at radius 3 is 2.55 bits per heavy atom. The van der Waals surface area contributed by atoms with E-state index in [4.69, 9.17) is 11.6 Å². The summed E-state index contributed by atoms with van der Waals surface area (Å²) in [6.45, 7) is 0.